The predicted octanol–water partition coefficient (Wildman–Crippen LogP) is 1.11. The van der Waals surface area contributed by atoms with Crippen LogP contribution in [0.1, 0.15) is 6.42 Å². The number of rotatable bonds is 3. The number of carbonyl (C=O) groups excluding carboxylic acids is 1. The molecule has 2 saturated heterocycles. The summed E-state index contributed by atoms with van der Waals surface area (Å²) in [7, 11) is -2.89. The van der Waals surface area contributed by atoms with Gasteiger partial charge in [-0.05, 0) is 36.1 Å². The van der Waals surface area contributed by atoms with E-state index in [9.17, 15) is 17.6 Å². The summed E-state index contributed by atoms with van der Waals surface area (Å²) in [6.07, 6.45) is 2.50. The molecule has 2 aromatic rings. The van der Waals surface area contributed by atoms with Gasteiger partial charge in [-0.3, -0.25) is 9.69 Å². The van der Waals surface area contributed by atoms with Crippen molar-refractivity contribution < 1.29 is 17.6 Å². The van der Waals surface area contributed by atoms with E-state index in [1.165, 1.54) is 12.1 Å². The minimum absolute atomic E-state index is 0.00505. The minimum Gasteiger partial charge on any atom is -0.339 e. The quantitative estimate of drug-likeness (QED) is 0.802. The smallest absolute Gasteiger partial charge is 0.242 e. The van der Waals surface area contributed by atoms with Gasteiger partial charge in [0.25, 0.3) is 0 Å². The van der Waals surface area contributed by atoms with E-state index in [-0.39, 0.29) is 35.8 Å². The van der Waals surface area contributed by atoms with Gasteiger partial charge in [0.1, 0.15) is 12.4 Å². The molecule has 1 amide bonds. The highest BCUT2D eigenvalue weighted by Gasteiger charge is 2.34. The Hall–Kier alpha value is -1.93. The van der Waals surface area contributed by atoms with Gasteiger partial charge < -0.3 is 9.47 Å². The van der Waals surface area contributed by atoms with E-state index in [0.29, 0.717) is 38.1 Å². The van der Waals surface area contributed by atoms with Crippen LogP contribution in [-0.2, 0) is 21.2 Å². The molecule has 140 valence electrons. The number of fused-ring (bicyclic) bond motifs is 1. The molecule has 0 radical (unpaired) electrons. The number of hydrogen-bond acceptors (Lipinski definition) is 4. The zero-order valence-electron chi connectivity index (χ0n) is 14.5. The normalized spacial score (nSPS) is 23.6. The molecule has 8 heteroatoms. The standard InChI is InChI=1S/C18H22FN3O3S/c19-15-2-1-14-3-5-22(17(14)11-15)12-18(23)21-8-6-20(7-9-21)16-4-10-26(24,25)13-16/h1-3,5,11,16H,4,6-10,12-13H2. The summed E-state index contributed by atoms with van der Waals surface area (Å²) in [4.78, 5) is 16.6. The first-order valence-corrected chi connectivity index (χ1v) is 10.7. The topological polar surface area (TPSA) is 62.6 Å². The van der Waals surface area contributed by atoms with Crippen LogP contribution in [0.25, 0.3) is 10.9 Å². The van der Waals surface area contributed by atoms with Crippen LogP contribution < -0.4 is 0 Å². The molecular weight excluding hydrogens is 357 g/mol. The zero-order valence-corrected chi connectivity index (χ0v) is 15.3. The third-order valence-corrected chi connectivity index (χ3v) is 7.18. The maximum atomic E-state index is 13.5. The number of benzene rings is 1. The van der Waals surface area contributed by atoms with E-state index in [1.807, 2.05) is 17.2 Å². The predicted molar refractivity (Wildman–Crippen MR) is 97.1 cm³/mol. The van der Waals surface area contributed by atoms with Gasteiger partial charge in [-0.1, -0.05) is 0 Å². The van der Waals surface area contributed by atoms with E-state index < -0.39 is 9.84 Å². The van der Waals surface area contributed by atoms with Crippen molar-refractivity contribution in [2.75, 3.05) is 37.7 Å². The molecule has 0 spiro atoms. The molecule has 1 aromatic heterocycles. The Morgan fingerprint density at radius 1 is 1.15 bits per heavy atom. The van der Waals surface area contributed by atoms with Gasteiger partial charge in [-0.15, -0.1) is 0 Å². The first kappa shape index (κ1) is 17.5. The Bertz CT molecular complexity index is 932. The number of carbonyl (C=O) groups is 1. The first-order valence-electron chi connectivity index (χ1n) is 8.88. The summed E-state index contributed by atoms with van der Waals surface area (Å²) in [6.45, 7) is 2.79. The molecule has 1 unspecified atom stereocenters. The summed E-state index contributed by atoms with van der Waals surface area (Å²) in [5.41, 5.74) is 0.716. The van der Waals surface area contributed by atoms with Crippen molar-refractivity contribution in [2.24, 2.45) is 0 Å². The maximum Gasteiger partial charge on any atom is 0.242 e. The second-order valence-electron chi connectivity index (χ2n) is 7.12. The Balaban J connectivity index is 1.37. The molecule has 0 N–H and O–H groups in total. The Morgan fingerprint density at radius 2 is 1.92 bits per heavy atom. The molecule has 2 fully saturated rings. The molecule has 4 rings (SSSR count). The summed E-state index contributed by atoms with van der Waals surface area (Å²) < 4.78 is 38.5. The fourth-order valence-corrected chi connectivity index (χ4v) is 5.70. The molecule has 1 aromatic carbocycles. The molecule has 1 atom stereocenters. The van der Waals surface area contributed by atoms with E-state index in [4.69, 9.17) is 0 Å². The molecule has 0 aliphatic carbocycles. The number of amides is 1. The first-order chi connectivity index (χ1) is 12.4. The van der Waals surface area contributed by atoms with Crippen molar-refractivity contribution in [1.29, 1.82) is 0 Å². The summed E-state index contributed by atoms with van der Waals surface area (Å²) >= 11 is 0. The van der Waals surface area contributed by atoms with E-state index >= 15 is 0 Å². The van der Waals surface area contributed by atoms with Gasteiger partial charge in [0.15, 0.2) is 9.84 Å². The van der Waals surface area contributed by atoms with Crippen molar-refractivity contribution in [3.8, 4) is 0 Å². The number of hydrogen-bond donors (Lipinski definition) is 0. The Kier molecular flexibility index (Phi) is 4.48. The highest BCUT2D eigenvalue weighted by molar-refractivity contribution is 7.91. The zero-order chi connectivity index (χ0) is 18.3. The van der Waals surface area contributed by atoms with E-state index in [0.717, 1.165) is 5.39 Å². The van der Waals surface area contributed by atoms with Gasteiger partial charge in [0.05, 0.1) is 17.0 Å². The molecule has 6 nitrogen and oxygen atoms in total. The lowest BCUT2D eigenvalue weighted by Gasteiger charge is -2.37. The van der Waals surface area contributed by atoms with Gasteiger partial charge in [-0.2, -0.15) is 0 Å². The number of piperazine rings is 1. The average molecular weight is 379 g/mol. The van der Waals surface area contributed by atoms with Gasteiger partial charge >= 0.3 is 0 Å². The third kappa shape index (κ3) is 3.48. The highest BCUT2D eigenvalue weighted by atomic mass is 32.2. The fraction of sp³-hybridized carbons (Fsp3) is 0.500. The number of sulfone groups is 1. The van der Waals surface area contributed by atoms with Crippen LogP contribution >= 0.6 is 0 Å². The van der Waals surface area contributed by atoms with Crippen molar-refractivity contribution in [3.63, 3.8) is 0 Å². The van der Waals surface area contributed by atoms with Crippen molar-refractivity contribution >= 4 is 26.6 Å². The lowest BCUT2D eigenvalue weighted by molar-refractivity contribution is -0.133. The molecule has 3 heterocycles. The van der Waals surface area contributed by atoms with Crippen LogP contribution in [0.5, 0.6) is 0 Å². The third-order valence-electron chi connectivity index (χ3n) is 5.43. The van der Waals surface area contributed by atoms with Crippen LogP contribution in [0.15, 0.2) is 30.5 Å². The van der Waals surface area contributed by atoms with Gasteiger partial charge in [-0.25, -0.2) is 12.8 Å². The van der Waals surface area contributed by atoms with Gasteiger partial charge in [0.2, 0.25) is 5.91 Å². The van der Waals surface area contributed by atoms with E-state index in [1.54, 1.807) is 10.6 Å². The second-order valence-corrected chi connectivity index (χ2v) is 9.35. The largest absolute Gasteiger partial charge is 0.339 e. The lowest BCUT2D eigenvalue weighted by Crippen LogP contribution is -2.52. The van der Waals surface area contributed by atoms with Crippen LogP contribution in [0, 0.1) is 5.82 Å². The average Bonchev–Trinajstić information content (AvgIpc) is 3.18. The Labute approximate surface area is 152 Å². The maximum absolute atomic E-state index is 13.5. The van der Waals surface area contributed by atoms with Crippen molar-refractivity contribution in [2.45, 2.75) is 19.0 Å². The summed E-state index contributed by atoms with van der Waals surface area (Å²) in [5.74, 6) is 0.200. The van der Waals surface area contributed by atoms with E-state index in [2.05, 4.69) is 4.90 Å². The molecule has 2 aliphatic rings. The Morgan fingerprint density at radius 3 is 2.62 bits per heavy atom. The minimum atomic E-state index is -2.89. The molecule has 2 aliphatic heterocycles. The fourth-order valence-electron chi connectivity index (χ4n) is 3.94. The summed E-state index contributed by atoms with van der Waals surface area (Å²) in [5, 5.41) is 0.909. The van der Waals surface area contributed by atoms with Crippen LogP contribution in [0.3, 0.4) is 0 Å². The lowest BCUT2D eigenvalue weighted by atomic mass is 10.2. The summed E-state index contributed by atoms with van der Waals surface area (Å²) in [6, 6.07) is 6.53. The van der Waals surface area contributed by atoms with Crippen LogP contribution in [0.4, 0.5) is 4.39 Å². The van der Waals surface area contributed by atoms with Crippen molar-refractivity contribution in [1.82, 2.24) is 14.4 Å². The number of nitrogens with zero attached hydrogens (tertiary/aromatic N) is 3. The SMILES string of the molecule is O=C(Cn1ccc2ccc(F)cc21)N1CCN(C2CCS(=O)(=O)C2)CC1. The van der Waals surface area contributed by atoms with Crippen molar-refractivity contribution in [3.05, 3.63) is 36.3 Å². The van der Waals surface area contributed by atoms with Crippen LogP contribution in [-0.4, -0.2) is 72.4 Å². The molecular formula is C18H22FN3O3S. The number of halogens is 1. The molecule has 0 saturated carbocycles. The molecule has 0 bridgehead atoms. The van der Waals surface area contributed by atoms with Gasteiger partial charge in [0, 0.05) is 38.4 Å². The molecule has 26 heavy (non-hydrogen) atoms. The monoisotopic (exact) mass is 379 g/mol. The van der Waals surface area contributed by atoms with Crippen LogP contribution in [0.2, 0.25) is 0 Å². The number of aromatic nitrogens is 1. The highest BCUT2D eigenvalue weighted by Crippen LogP contribution is 2.20. The second kappa shape index (κ2) is 6.66.